The maximum Gasteiger partial charge on any atom is 0.150 e. The average molecular weight is 487 g/mol. The molecule has 0 radical (unpaired) electrons. The lowest BCUT2D eigenvalue weighted by Gasteiger charge is -2.37. The van der Waals surface area contributed by atoms with E-state index in [-0.39, 0.29) is 24.4 Å². The van der Waals surface area contributed by atoms with E-state index in [4.69, 9.17) is 9.47 Å². The normalized spacial score (nSPS) is 17.8. The van der Waals surface area contributed by atoms with Gasteiger partial charge in [0, 0.05) is 48.3 Å². The quantitative estimate of drug-likeness (QED) is 0.376. The van der Waals surface area contributed by atoms with Gasteiger partial charge in [0.25, 0.3) is 0 Å². The summed E-state index contributed by atoms with van der Waals surface area (Å²) in [6, 6.07) is 19.3. The lowest BCUT2D eigenvalue weighted by atomic mass is 9.85. The highest BCUT2D eigenvalue weighted by molar-refractivity contribution is 5.98. The minimum atomic E-state index is -0.364. The molecule has 5 rings (SSSR count). The molecule has 1 fully saturated rings. The third kappa shape index (κ3) is 4.61. The number of rotatable bonds is 8. The number of allylic oxidation sites excluding steroid dienone is 1. The van der Waals surface area contributed by atoms with Crippen molar-refractivity contribution in [3.63, 3.8) is 0 Å². The van der Waals surface area contributed by atoms with Crippen molar-refractivity contribution in [2.24, 2.45) is 10.9 Å². The van der Waals surface area contributed by atoms with E-state index in [0.717, 1.165) is 64.5 Å². The van der Waals surface area contributed by atoms with Gasteiger partial charge in [0.1, 0.15) is 30.0 Å². The molecule has 5 nitrogen and oxygen atoms in total. The molecule has 2 heterocycles. The first-order chi connectivity index (χ1) is 17.5. The Morgan fingerprint density at radius 1 is 1.08 bits per heavy atom. The zero-order valence-electron chi connectivity index (χ0n) is 20.7. The number of benzene rings is 3. The van der Waals surface area contributed by atoms with Crippen LogP contribution in [0.25, 0.3) is 11.1 Å². The van der Waals surface area contributed by atoms with Gasteiger partial charge in [-0.1, -0.05) is 30.3 Å². The largest absolute Gasteiger partial charge is 0.508 e. The van der Waals surface area contributed by atoms with E-state index < -0.39 is 0 Å². The van der Waals surface area contributed by atoms with Crippen molar-refractivity contribution in [1.29, 1.82) is 0 Å². The summed E-state index contributed by atoms with van der Waals surface area (Å²) in [5.41, 5.74) is 6.68. The van der Waals surface area contributed by atoms with E-state index in [0.29, 0.717) is 12.3 Å². The van der Waals surface area contributed by atoms with Gasteiger partial charge in [-0.3, -0.25) is 14.3 Å². The fourth-order valence-corrected chi connectivity index (χ4v) is 5.07. The smallest absolute Gasteiger partial charge is 0.150 e. The molecule has 6 heteroatoms. The molecule has 3 aromatic rings. The van der Waals surface area contributed by atoms with E-state index in [1.165, 1.54) is 0 Å². The van der Waals surface area contributed by atoms with Crippen molar-refractivity contribution in [1.82, 2.24) is 4.90 Å². The second kappa shape index (κ2) is 10.2. The highest BCUT2D eigenvalue weighted by Gasteiger charge is 2.31. The molecular weight excluding hydrogens is 455 g/mol. The van der Waals surface area contributed by atoms with Gasteiger partial charge < -0.3 is 14.6 Å². The van der Waals surface area contributed by atoms with Crippen molar-refractivity contribution >= 4 is 23.6 Å². The number of fused-ring (bicyclic) bond motifs is 1. The van der Waals surface area contributed by atoms with Crippen molar-refractivity contribution in [2.75, 3.05) is 32.9 Å². The van der Waals surface area contributed by atoms with Crippen molar-refractivity contribution in [3.05, 3.63) is 82.9 Å². The number of aliphatic imine (C=N–C) groups is 1. The van der Waals surface area contributed by atoms with E-state index >= 15 is 0 Å². The van der Waals surface area contributed by atoms with Crippen LogP contribution in [0.1, 0.15) is 35.3 Å². The SMILES string of the molecule is C=Nc1cc(O)ccc1C1=C(C)c2cccc(C)c2OC1c1ccc(OCCN2CC(CF)C2)cc1. The summed E-state index contributed by atoms with van der Waals surface area (Å²) in [6.07, 6.45) is -0.364. The Hall–Kier alpha value is -3.64. The van der Waals surface area contributed by atoms with Crippen LogP contribution in [0.3, 0.4) is 0 Å². The van der Waals surface area contributed by atoms with Crippen LogP contribution < -0.4 is 9.47 Å². The average Bonchev–Trinajstić information content (AvgIpc) is 2.86. The second-order valence-electron chi connectivity index (χ2n) is 9.55. The standard InChI is InChI=1S/C30H31FN2O3/c1-19-5-4-6-25-20(2)28(26-12-9-23(34)15-27(26)32-3)30(36-29(19)25)22-7-10-24(11-8-22)35-14-13-33-17-21(16-31)18-33/h4-12,15,21,30,34H,3,13-14,16-18H2,1-2H3. The number of ether oxygens (including phenoxy) is 2. The van der Waals surface area contributed by atoms with Gasteiger partial charge in [0.05, 0.1) is 12.4 Å². The van der Waals surface area contributed by atoms with E-state index in [2.05, 4.69) is 42.6 Å². The minimum absolute atomic E-state index is 0.142. The van der Waals surface area contributed by atoms with Crippen molar-refractivity contribution in [3.8, 4) is 17.2 Å². The summed E-state index contributed by atoms with van der Waals surface area (Å²) in [6.45, 7) is 10.6. The number of likely N-dealkylation sites (tertiary alicyclic amines) is 1. The Kier molecular flexibility index (Phi) is 6.79. The van der Waals surface area contributed by atoms with E-state index in [9.17, 15) is 9.50 Å². The van der Waals surface area contributed by atoms with E-state index in [1.54, 1.807) is 12.1 Å². The lowest BCUT2D eigenvalue weighted by Crippen LogP contribution is -2.49. The van der Waals surface area contributed by atoms with Crippen LogP contribution in [0.5, 0.6) is 17.2 Å². The van der Waals surface area contributed by atoms with Gasteiger partial charge in [-0.2, -0.15) is 0 Å². The van der Waals surface area contributed by atoms with E-state index in [1.807, 2.05) is 36.4 Å². The highest BCUT2D eigenvalue weighted by Crippen LogP contribution is 2.49. The zero-order valence-corrected chi connectivity index (χ0v) is 20.7. The first-order valence-electron chi connectivity index (χ1n) is 12.3. The molecule has 1 atom stereocenters. The summed E-state index contributed by atoms with van der Waals surface area (Å²) in [5, 5.41) is 10.0. The third-order valence-corrected chi connectivity index (χ3v) is 7.07. The Bertz CT molecular complexity index is 1300. The fraction of sp³-hybridized carbons (Fsp3) is 0.300. The molecule has 1 N–H and O–H groups in total. The second-order valence-corrected chi connectivity index (χ2v) is 9.55. The number of hydrogen-bond donors (Lipinski definition) is 1. The number of halogens is 1. The molecular formula is C30H31FN2O3. The van der Waals surface area contributed by atoms with Gasteiger partial charge in [0.2, 0.25) is 0 Å². The summed E-state index contributed by atoms with van der Waals surface area (Å²) in [5.74, 6) is 1.99. The maximum absolute atomic E-state index is 12.6. The summed E-state index contributed by atoms with van der Waals surface area (Å²) < 4.78 is 25.2. The first kappa shape index (κ1) is 24.1. The monoisotopic (exact) mass is 486 g/mol. The molecule has 0 amide bonds. The molecule has 186 valence electrons. The molecule has 2 aliphatic heterocycles. The molecule has 2 aliphatic rings. The molecule has 1 saturated heterocycles. The number of aromatic hydroxyl groups is 1. The third-order valence-electron chi connectivity index (χ3n) is 7.07. The predicted molar refractivity (Wildman–Crippen MR) is 142 cm³/mol. The van der Waals surface area contributed by atoms with Crippen LogP contribution in [0.4, 0.5) is 10.1 Å². The van der Waals surface area contributed by atoms with Gasteiger partial charge >= 0.3 is 0 Å². The van der Waals surface area contributed by atoms with Gasteiger partial charge in [-0.15, -0.1) is 0 Å². The van der Waals surface area contributed by atoms with Crippen LogP contribution in [-0.2, 0) is 0 Å². The van der Waals surface area contributed by atoms with Crippen molar-refractivity contribution in [2.45, 2.75) is 20.0 Å². The zero-order chi connectivity index (χ0) is 25.2. The number of alkyl halides is 1. The van der Waals surface area contributed by atoms with Crippen LogP contribution in [0, 0.1) is 12.8 Å². The number of phenolic OH excluding ortho intramolecular Hbond substituents is 1. The number of para-hydroxylation sites is 1. The topological polar surface area (TPSA) is 54.3 Å². The van der Waals surface area contributed by atoms with Crippen molar-refractivity contribution < 1.29 is 19.0 Å². The predicted octanol–water partition coefficient (Wildman–Crippen LogP) is 6.38. The summed E-state index contributed by atoms with van der Waals surface area (Å²) in [4.78, 5) is 6.39. The molecule has 0 aliphatic carbocycles. The molecule has 1 unspecified atom stereocenters. The molecule has 0 spiro atoms. The molecule has 0 bridgehead atoms. The first-order valence-corrected chi connectivity index (χ1v) is 12.3. The molecule has 36 heavy (non-hydrogen) atoms. The van der Waals surface area contributed by atoms with Crippen LogP contribution in [-0.4, -0.2) is 49.6 Å². The molecule has 3 aromatic carbocycles. The fourth-order valence-electron chi connectivity index (χ4n) is 5.07. The van der Waals surface area contributed by atoms with Gasteiger partial charge in [0.15, 0.2) is 0 Å². The Balaban J connectivity index is 1.43. The molecule has 0 saturated carbocycles. The van der Waals surface area contributed by atoms with Gasteiger partial charge in [-0.25, -0.2) is 0 Å². The maximum atomic E-state index is 12.6. The summed E-state index contributed by atoms with van der Waals surface area (Å²) in [7, 11) is 0. The van der Waals surface area contributed by atoms with Crippen LogP contribution in [0.15, 0.2) is 65.7 Å². The Morgan fingerprint density at radius 3 is 2.58 bits per heavy atom. The number of phenols is 1. The lowest BCUT2D eigenvalue weighted by molar-refractivity contribution is 0.0668. The van der Waals surface area contributed by atoms with Crippen LogP contribution >= 0.6 is 0 Å². The number of nitrogens with zero attached hydrogens (tertiary/aromatic N) is 2. The highest BCUT2D eigenvalue weighted by atomic mass is 19.1. The Labute approximate surface area is 211 Å². The summed E-state index contributed by atoms with van der Waals surface area (Å²) >= 11 is 0. The van der Waals surface area contributed by atoms with Gasteiger partial charge in [-0.05, 0) is 61.5 Å². The number of hydrogen-bond acceptors (Lipinski definition) is 5. The molecule has 0 aromatic heterocycles. The van der Waals surface area contributed by atoms with Crippen LogP contribution in [0.2, 0.25) is 0 Å². The minimum Gasteiger partial charge on any atom is -0.508 e. The number of aryl methyl sites for hydroxylation is 1. The Morgan fingerprint density at radius 2 is 1.86 bits per heavy atom.